The molecule has 0 aliphatic rings. The topological polar surface area (TPSA) is 25.2 Å². The molecule has 0 amide bonds. The Morgan fingerprint density at radius 2 is 2.17 bits per heavy atom. The van der Waals surface area contributed by atoms with Crippen LogP contribution < -0.4 is 5.32 Å². The SMILES string of the molecule is CNCc1oc2c(Br)cc(Cl)c(F)c2c1C(C)C. The molecule has 0 fully saturated rings. The molecule has 1 heterocycles. The maximum atomic E-state index is 14.2. The van der Waals surface area contributed by atoms with Gasteiger partial charge in [-0.15, -0.1) is 0 Å². The largest absolute Gasteiger partial charge is 0.458 e. The highest BCUT2D eigenvalue weighted by Gasteiger charge is 2.23. The first-order valence-corrected chi connectivity index (χ1v) is 6.87. The fourth-order valence-corrected chi connectivity index (χ4v) is 2.98. The Labute approximate surface area is 119 Å². The van der Waals surface area contributed by atoms with Gasteiger partial charge in [0.25, 0.3) is 0 Å². The average molecular weight is 335 g/mol. The summed E-state index contributed by atoms with van der Waals surface area (Å²) >= 11 is 9.26. The minimum Gasteiger partial charge on any atom is -0.458 e. The van der Waals surface area contributed by atoms with Crippen LogP contribution in [-0.2, 0) is 6.54 Å². The van der Waals surface area contributed by atoms with Crippen LogP contribution in [0.5, 0.6) is 0 Å². The summed E-state index contributed by atoms with van der Waals surface area (Å²) in [5.74, 6) is 0.503. The van der Waals surface area contributed by atoms with E-state index in [2.05, 4.69) is 21.2 Å². The highest BCUT2D eigenvalue weighted by atomic mass is 79.9. The third kappa shape index (κ3) is 2.17. The first-order valence-electron chi connectivity index (χ1n) is 5.70. The Balaban J connectivity index is 2.86. The van der Waals surface area contributed by atoms with Gasteiger partial charge in [-0.3, -0.25) is 0 Å². The zero-order valence-corrected chi connectivity index (χ0v) is 12.7. The Bertz CT molecular complexity index is 594. The second-order valence-electron chi connectivity index (χ2n) is 4.48. The Hall–Kier alpha value is -0.580. The predicted molar refractivity (Wildman–Crippen MR) is 75.7 cm³/mol. The van der Waals surface area contributed by atoms with Gasteiger partial charge in [0.05, 0.1) is 21.4 Å². The number of rotatable bonds is 3. The van der Waals surface area contributed by atoms with Crippen molar-refractivity contribution in [1.29, 1.82) is 0 Å². The number of nitrogens with one attached hydrogen (secondary N) is 1. The third-order valence-corrected chi connectivity index (χ3v) is 3.70. The number of hydrogen-bond donors (Lipinski definition) is 1. The summed E-state index contributed by atoms with van der Waals surface area (Å²) in [4.78, 5) is 0. The molecule has 0 aliphatic carbocycles. The van der Waals surface area contributed by atoms with Crippen LogP contribution in [0.15, 0.2) is 15.0 Å². The summed E-state index contributed by atoms with van der Waals surface area (Å²) in [7, 11) is 1.83. The molecule has 0 unspecified atom stereocenters. The van der Waals surface area contributed by atoms with Gasteiger partial charge in [0.2, 0.25) is 0 Å². The normalized spacial score (nSPS) is 11.7. The zero-order valence-electron chi connectivity index (χ0n) is 10.4. The van der Waals surface area contributed by atoms with Crippen molar-refractivity contribution in [3.8, 4) is 0 Å². The van der Waals surface area contributed by atoms with E-state index in [-0.39, 0.29) is 10.9 Å². The quantitative estimate of drug-likeness (QED) is 0.813. The van der Waals surface area contributed by atoms with Gasteiger partial charge >= 0.3 is 0 Å². The average Bonchev–Trinajstić information content (AvgIpc) is 2.66. The van der Waals surface area contributed by atoms with Crippen LogP contribution in [0, 0.1) is 5.82 Å². The Morgan fingerprint density at radius 1 is 1.50 bits per heavy atom. The molecule has 0 bridgehead atoms. The van der Waals surface area contributed by atoms with Gasteiger partial charge in [-0.2, -0.15) is 0 Å². The van der Waals surface area contributed by atoms with Crippen molar-refractivity contribution in [3.05, 3.63) is 32.7 Å². The number of halogens is 3. The van der Waals surface area contributed by atoms with Gasteiger partial charge in [-0.1, -0.05) is 25.4 Å². The number of furan rings is 1. The van der Waals surface area contributed by atoms with E-state index in [0.29, 0.717) is 22.0 Å². The fourth-order valence-electron chi connectivity index (χ4n) is 2.14. The van der Waals surface area contributed by atoms with E-state index in [1.165, 1.54) is 6.07 Å². The molecule has 1 aromatic carbocycles. The van der Waals surface area contributed by atoms with E-state index < -0.39 is 5.82 Å². The van der Waals surface area contributed by atoms with E-state index in [1.807, 2.05) is 20.9 Å². The summed E-state index contributed by atoms with van der Waals surface area (Å²) in [5.41, 5.74) is 1.39. The summed E-state index contributed by atoms with van der Waals surface area (Å²) in [5, 5.41) is 3.62. The molecule has 0 saturated heterocycles. The first kappa shape index (κ1) is 13.8. The van der Waals surface area contributed by atoms with Crippen molar-refractivity contribution in [3.63, 3.8) is 0 Å². The second-order valence-corrected chi connectivity index (χ2v) is 5.74. The molecule has 0 atom stereocenters. The maximum Gasteiger partial charge on any atom is 0.153 e. The van der Waals surface area contributed by atoms with E-state index >= 15 is 0 Å². The van der Waals surface area contributed by atoms with Crippen LogP contribution in [0.4, 0.5) is 4.39 Å². The summed E-state index contributed by atoms with van der Waals surface area (Å²) < 4.78 is 20.7. The van der Waals surface area contributed by atoms with Crippen molar-refractivity contribution in [1.82, 2.24) is 5.32 Å². The van der Waals surface area contributed by atoms with Crippen molar-refractivity contribution in [2.75, 3.05) is 7.05 Å². The van der Waals surface area contributed by atoms with Crippen molar-refractivity contribution < 1.29 is 8.81 Å². The lowest BCUT2D eigenvalue weighted by Gasteiger charge is -2.07. The van der Waals surface area contributed by atoms with Gasteiger partial charge in [0.1, 0.15) is 5.76 Å². The van der Waals surface area contributed by atoms with Gasteiger partial charge in [0, 0.05) is 5.56 Å². The lowest BCUT2D eigenvalue weighted by molar-refractivity contribution is 0.519. The van der Waals surface area contributed by atoms with Gasteiger partial charge in [0.15, 0.2) is 11.4 Å². The van der Waals surface area contributed by atoms with Crippen LogP contribution >= 0.6 is 27.5 Å². The van der Waals surface area contributed by atoms with Crippen LogP contribution in [0.25, 0.3) is 11.0 Å². The molecule has 1 aromatic heterocycles. The lowest BCUT2D eigenvalue weighted by Crippen LogP contribution is -2.06. The van der Waals surface area contributed by atoms with Gasteiger partial charge < -0.3 is 9.73 Å². The molecule has 0 aliphatic heterocycles. The fraction of sp³-hybridized carbons (Fsp3) is 0.385. The summed E-state index contributed by atoms with van der Waals surface area (Å²) in [6, 6.07) is 1.52. The molecule has 1 N–H and O–H groups in total. The standard InChI is InChI=1S/C13H14BrClFNO/c1-6(2)10-9(5-17-3)18-13-7(14)4-8(15)12(16)11(10)13/h4,6,17H,5H2,1-3H3. The maximum absolute atomic E-state index is 14.2. The van der Waals surface area contributed by atoms with Crippen molar-refractivity contribution >= 4 is 38.5 Å². The molecular weight excluding hydrogens is 321 g/mol. The molecule has 0 radical (unpaired) electrons. The van der Waals surface area contributed by atoms with E-state index in [0.717, 1.165) is 11.3 Å². The summed E-state index contributed by atoms with van der Waals surface area (Å²) in [6.07, 6.45) is 0. The highest BCUT2D eigenvalue weighted by molar-refractivity contribution is 9.10. The van der Waals surface area contributed by atoms with Gasteiger partial charge in [-0.25, -0.2) is 4.39 Å². The molecule has 0 saturated carbocycles. The summed E-state index contributed by atoms with van der Waals surface area (Å²) in [6.45, 7) is 4.58. The number of hydrogen-bond acceptors (Lipinski definition) is 2. The van der Waals surface area contributed by atoms with Gasteiger partial charge in [-0.05, 0) is 35.0 Å². The highest BCUT2D eigenvalue weighted by Crippen LogP contribution is 2.39. The van der Waals surface area contributed by atoms with E-state index in [1.54, 1.807) is 0 Å². The molecule has 2 rings (SSSR count). The predicted octanol–water partition coefficient (Wildman–Crippen LogP) is 4.83. The van der Waals surface area contributed by atoms with Crippen LogP contribution in [-0.4, -0.2) is 7.05 Å². The zero-order chi connectivity index (χ0) is 13.4. The van der Waals surface area contributed by atoms with E-state index in [9.17, 15) is 4.39 Å². The molecule has 5 heteroatoms. The van der Waals surface area contributed by atoms with Crippen LogP contribution in [0.2, 0.25) is 5.02 Å². The molecule has 2 aromatic rings. The minimum absolute atomic E-state index is 0.105. The number of benzene rings is 1. The second kappa shape index (κ2) is 5.19. The Kier molecular flexibility index (Phi) is 3.99. The number of fused-ring (bicyclic) bond motifs is 1. The smallest absolute Gasteiger partial charge is 0.153 e. The molecule has 2 nitrogen and oxygen atoms in total. The van der Waals surface area contributed by atoms with E-state index in [4.69, 9.17) is 16.0 Å². The lowest BCUT2D eigenvalue weighted by atomic mass is 9.99. The molecule has 98 valence electrons. The van der Waals surface area contributed by atoms with Crippen LogP contribution in [0.3, 0.4) is 0 Å². The molecule has 0 spiro atoms. The van der Waals surface area contributed by atoms with Crippen molar-refractivity contribution in [2.45, 2.75) is 26.3 Å². The third-order valence-electron chi connectivity index (χ3n) is 2.84. The molecular formula is C13H14BrClFNO. The Morgan fingerprint density at radius 3 is 2.72 bits per heavy atom. The first-order chi connectivity index (χ1) is 8.47. The van der Waals surface area contributed by atoms with Crippen molar-refractivity contribution in [2.24, 2.45) is 0 Å². The van der Waals surface area contributed by atoms with Crippen LogP contribution in [0.1, 0.15) is 31.1 Å². The molecule has 18 heavy (non-hydrogen) atoms. The monoisotopic (exact) mass is 333 g/mol. The minimum atomic E-state index is -0.412.